The molecule has 3 heterocycles. The second-order valence-corrected chi connectivity index (χ2v) is 7.28. The van der Waals surface area contributed by atoms with Crippen molar-refractivity contribution in [3.63, 3.8) is 0 Å². The van der Waals surface area contributed by atoms with Gasteiger partial charge in [-0.15, -0.1) is 6.58 Å². The van der Waals surface area contributed by atoms with Crippen LogP contribution >= 0.6 is 0 Å². The first-order chi connectivity index (χ1) is 9.47. The summed E-state index contributed by atoms with van der Waals surface area (Å²) in [6.45, 7) is 8.10. The largest absolute Gasteiger partial charge is 0.364 e. The quantitative estimate of drug-likeness (QED) is 0.636. The molecule has 1 aliphatic carbocycles. The van der Waals surface area contributed by atoms with Crippen molar-refractivity contribution in [2.45, 2.75) is 63.1 Å². The lowest BCUT2D eigenvalue weighted by Gasteiger charge is -2.46. The molecule has 0 aromatic carbocycles. The van der Waals surface area contributed by atoms with E-state index in [0.29, 0.717) is 0 Å². The lowest BCUT2D eigenvalue weighted by molar-refractivity contribution is -0.277. The Hall–Kier alpha value is -0.640. The van der Waals surface area contributed by atoms with Crippen LogP contribution in [0.3, 0.4) is 0 Å². The molecule has 3 aliphatic heterocycles. The minimum atomic E-state index is -1.03. The van der Waals surface area contributed by atoms with Crippen molar-refractivity contribution in [1.82, 2.24) is 0 Å². The Morgan fingerprint density at radius 3 is 2.90 bits per heavy atom. The van der Waals surface area contributed by atoms with E-state index in [0.717, 1.165) is 25.7 Å². The van der Waals surface area contributed by atoms with E-state index in [-0.39, 0.29) is 35.1 Å². The van der Waals surface area contributed by atoms with E-state index < -0.39 is 5.79 Å². The lowest BCUT2D eigenvalue weighted by Crippen LogP contribution is -2.53. The predicted octanol–water partition coefficient (Wildman–Crippen LogP) is 2.80. The van der Waals surface area contributed by atoms with Gasteiger partial charge in [-0.2, -0.15) is 0 Å². The molecule has 4 rings (SSSR count). The Balaban J connectivity index is 1.83. The number of rotatable bonds is 3. The second-order valence-electron chi connectivity index (χ2n) is 7.28. The van der Waals surface area contributed by atoms with Crippen molar-refractivity contribution in [3.05, 3.63) is 24.8 Å². The van der Waals surface area contributed by atoms with Gasteiger partial charge >= 0.3 is 0 Å². The number of aliphatic hydroxyl groups is 1. The zero-order valence-electron chi connectivity index (χ0n) is 12.3. The highest BCUT2D eigenvalue weighted by Gasteiger charge is 2.75. The molecule has 0 saturated carbocycles. The molecule has 0 aromatic rings. The molecule has 3 nitrogen and oxygen atoms in total. The lowest BCUT2D eigenvalue weighted by atomic mass is 9.60. The van der Waals surface area contributed by atoms with Crippen LogP contribution in [0, 0.1) is 17.3 Å². The molecule has 3 saturated heterocycles. The third kappa shape index (κ3) is 1.32. The molecule has 0 unspecified atom stereocenters. The number of hydrogen-bond donors (Lipinski definition) is 1. The van der Waals surface area contributed by atoms with E-state index in [1.165, 1.54) is 0 Å². The summed E-state index contributed by atoms with van der Waals surface area (Å²) in [5.41, 5.74) is -0.425. The van der Waals surface area contributed by atoms with Gasteiger partial charge in [-0.25, -0.2) is 0 Å². The first kappa shape index (κ1) is 13.1. The molecule has 4 aliphatic rings. The molecular weight excluding hydrogens is 252 g/mol. The Bertz CT molecular complexity index is 487. The molecule has 0 amide bonds. The molecule has 7 atom stereocenters. The summed E-state index contributed by atoms with van der Waals surface area (Å²) >= 11 is 0. The van der Waals surface area contributed by atoms with Crippen LogP contribution in [-0.2, 0) is 9.47 Å². The van der Waals surface area contributed by atoms with Crippen LogP contribution in [0.15, 0.2) is 24.8 Å². The number of hydrogen-bond acceptors (Lipinski definition) is 3. The van der Waals surface area contributed by atoms with Gasteiger partial charge < -0.3 is 14.6 Å². The average molecular weight is 276 g/mol. The molecule has 0 radical (unpaired) electrons. The molecule has 110 valence electrons. The first-order valence-corrected chi connectivity index (χ1v) is 7.86. The maximum atomic E-state index is 11.3. The van der Waals surface area contributed by atoms with Gasteiger partial charge in [-0.05, 0) is 32.6 Å². The third-order valence-corrected chi connectivity index (χ3v) is 6.23. The van der Waals surface area contributed by atoms with Crippen LogP contribution in [0.2, 0.25) is 0 Å². The SMILES string of the molecule is C=CCC[C@]12C=C[C@]3(C)O[C@@H]3[C@H]1[C@H]1CC[C@@H](C)[C@]2(O)O1. The van der Waals surface area contributed by atoms with Crippen molar-refractivity contribution in [1.29, 1.82) is 0 Å². The van der Waals surface area contributed by atoms with Gasteiger partial charge in [0.1, 0.15) is 5.60 Å². The summed E-state index contributed by atoms with van der Waals surface area (Å²) < 4.78 is 12.1. The Kier molecular flexibility index (Phi) is 2.45. The Morgan fingerprint density at radius 2 is 2.15 bits per heavy atom. The number of epoxide rings is 1. The van der Waals surface area contributed by atoms with Gasteiger partial charge in [0.2, 0.25) is 0 Å². The Labute approximate surface area is 120 Å². The van der Waals surface area contributed by atoms with E-state index in [1.54, 1.807) is 0 Å². The van der Waals surface area contributed by atoms with E-state index >= 15 is 0 Å². The fourth-order valence-corrected chi connectivity index (χ4v) is 4.99. The minimum Gasteiger partial charge on any atom is -0.364 e. The fraction of sp³-hybridized carbons (Fsp3) is 0.765. The summed E-state index contributed by atoms with van der Waals surface area (Å²) in [4.78, 5) is 0. The van der Waals surface area contributed by atoms with Gasteiger partial charge in [0.05, 0.1) is 17.6 Å². The highest BCUT2D eigenvalue weighted by Crippen LogP contribution is 2.68. The molecule has 2 bridgehead atoms. The summed E-state index contributed by atoms with van der Waals surface area (Å²) in [6.07, 6.45) is 10.5. The van der Waals surface area contributed by atoms with Gasteiger partial charge in [-0.1, -0.05) is 25.2 Å². The molecule has 0 aromatic heterocycles. The number of fused-ring (bicyclic) bond motifs is 7. The smallest absolute Gasteiger partial charge is 0.177 e. The first-order valence-electron chi connectivity index (χ1n) is 7.86. The van der Waals surface area contributed by atoms with Gasteiger partial charge in [0.25, 0.3) is 0 Å². The van der Waals surface area contributed by atoms with Crippen molar-refractivity contribution in [2.75, 3.05) is 0 Å². The van der Waals surface area contributed by atoms with Crippen LogP contribution < -0.4 is 0 Å². The molecule has 3 heteroatoms. The summed E-state index contributed by atoms with van der Waals surface area (Å²) in [5.74, 6) is -0.582. The Morgan fingerprint density at radius 1 is 1.35 bits per heavy atom. The zero-order chi connectivity index (χ0) is 14.2. The van der Waals surface area contributed by atoms with E-state index in [1.807, 2.05) is 6.08 Å². The van der Waals surface area contributed by atoms with Crippen LogP contribution in [0.1, 0.15) is 39.5 Å². The number of allylic oxidation sites excluding steroid dienone is 1. The van der Waals surface area contributed by atoms with Crippen LogP contribution in [0.4, 0.5) is 0 Å². The van der Waals surface area contributed by atoms with Crippen LogP contribution in [0.25, 0.3) is 0 Å². The minimum absolute atomic E-state index is 0.122. The summed E-state index contributed by atoms with van der Waals surface area (Å²) in [5, 5.41) is 11.3. The highest BCUT2D eigenvalue weighted by molar-refractivity contribution is 5.33. The topological polar surface area (TPSA) is 42.0 Å². The summed E-state index contributed by atoms with van der Waals surface area (Å²) in [6, 6.07) is 0. The van der Waals surface area contributed by atoms with Crippen LogP contribution in [-0.4, -0.2) is 28.7 Å². The third-order valence-electron chi connectivity index (χ3n) is 6.23. The van der Waals surface area contributed by atoms with E-state index in [2.05, 4.69) is 32.6 Å². The predicted molar refractivity (Wildman–Crippen MR) is 76.0 cm³/mol. The van der Waals surface area contributed by atoms with Crippen molar-refractivity contribution in [2.24, 2.45) is 17.3 Å². The monoisotopic (exact) mass is 276 g/mol. The van der Waals surface area contributed by atoms with Crippen molar-refractivity contribution < 1.29 is 14.6 Å². The van der Waals surface area contributed by atoms with Crippen molar-refractivity contribution in [3.8, 4) is 0 Å². The normalized spacial score (nSPS) is 59.0. The van der Waals surface area contributed by atoms with Crippen LogP contribution in [0.5, 0.6) is 0 Å². The summed E-state index contributed by atoms with van der Waals surface area (Å²) in [7, 11) is 0. The zero-order valence-corrected chi connectivity index (χ0v) is 12.3. The molecule has 20 heavy (non-hydrogen) atoms. The molecule has 0 spiro atoms. The van der Waals surface area contributed by atoms with Gasteiger partial charge in [0.15, 0.2) is 5.79 Å². The highest BCUT2D eigenvalue weighted by atomic mass is 16.7. The maximum absolute atomic E-state index is 11.3. The standard InChI is InChI=1S/C17H24O3/c1-4-5-8-16-10-9-15(3)14(20-15)13(16)12-7-6-11(2)17(16,18)19-12/h4,9-14,18H,1,5-8H2,2-3H3/t11-,12-,13-,14-,15+,16+,17+/m1/s1. The van der Waals surface area contributed by atoms with E-state index in [9.17, 15) is 5.11 Å². The van der Waals surface area contributed by atoms with Gasteiger partial charge in [-0.3, -0.25) is 0 Å². The maximum Gasteiger partial charge on any atom is 0.177 e. The second kappa shape index (κ2) is 3.76. The van der Waals surface area contributed by atoms with E-state index in [4.69, 9.17) is 9.47 Å². The fourth-order valence-electron chi connectivity index (χ4n) is 4.99. The van der Waals surface area contributed by atoms with Gasteiger partial charge in [0, 0.05) is 11.8 Å². The molecule has 1 N–H and O–H groups in total. The number of ether oxygens (including phenoxy) is 2. The molecule has 3 fully saturated rings. The average Bonchev–Trinajstić information content (AvgIpc) is 3.05. The molecular formula is C17H24O3. The van der Waals surface area contributed by atoms with Crippen molar-refractivity contribution >= 4 is 0 Å².